The molecule has 1 amide bonds. The van der Waals surface area contributed by atoms with Crippen molar-refractivity contribution in [3.63, 3.8) is 0 Å². The molecule has 2 heterocycles. The van der Waals surface area contributed by atoms with E-state index in [0.29, 0.717) is 6.42 Å². The van der Waals surface area contributed by atoms with Gasteiger partial charge in [0, 0.05) is 25.9 Å². The van der Waals surface area contributed by atoms with Crippen LogP contribution in [-0.2, 0) is 9.63 Å². The molecule has 0 saturated carbocycles. The highest BCUT2D eigenvalue weighted by Crippen LogP contribution is 2.23. The molecule has 1 saturated heterocycles. The van der Waals surface area contributed by atoms with Crippen molar-refractivity contribution in [1.29, 1.82) is 0 Å². The van der Waals surface area contributed by atoms with Crippen molar-refractivity contribution in [2.24, 2.45) is 11.1 Å². The van der Waals surface area contributed by atoms with E-state index in [9.17, 15) is 4.79 Å². The Labute approximate surface area is 183 Å². The average molecular weight is 413 g/mol. The summed E-state index contributed by atoms with van der Waals surface area (Å²) in [6.45, 7) is 3.80. The first-order valence-corrected chi connectivity index (χ1v) is 11.9. The summed E-state index contributed by atoms with van der Waals surface area (Å²) in [6.07, 6.45) is 31.5. The summed E-state index contributed by atoms with van der Waals surface area (Å²) in [5.74, 6) is 0.556. The van der Waals surface area contributed by atoms with Crippen LogP contribution in [0.2, 0.25) is 0 Å². The second kappa shape index (κ2) is 15.7. The minimum absolute atomic E-state index is 0.192. The number of rotatable bonds is 14. The van der Waals surface area contributed by atoms with E-state index in [1.165, 1.54) is 25.7 Å². The number of carbonyl (C=O) groups is 1. The summed E-state index contributed by atoms with van der Waals surface area (Å²) in [6, 6.07) is 0. The predicted octanol–water partition coefficient (Wildman–Crippen LogP) is 6.37. The molecule has 30 heavy (non-hydrogen) atoms. The number of hydrogen-bond acceptors (Lipinski definition) is 3. The van der Waals surface area contributed by atoms with Gasteiger partial charge in [-0.25, -0.2) is 0 Å². The number of amides is 1. The first kappa shape index (κ1) is 24.2. The third-order valence-corrected chi connectivity index (χ3v) is 5.61. The van der Waals surface area contributed by atoms with E-state index in [1.807, 2.05) is 11.1 Å². The van der Waals surface area contributed by atoms with Crippen LogP contribution in [0.15, 0.2) is 53.8 Å². The van der Waals surface area contributed by atoms with Crippen molar-refractivity contribution in [3.05, 3.63) is 48.6 Å². The van der Waals surface area contributed by atoms with E-state index in [2.05, 4.69) is 60.7 Å². The van der Waals surface area contributed by atoms with Gasteiger partial charge in [0.1, 0.15) is 6.10 Å². The molecule has 2 unspecified atom stereocenters. The van der Waals surface area contributed by atoms with Gasteiger partial charge in [-0.15, -0.1) is 0 Å². The molecular formula is C26H40N2O2. The molecule has 2 aliphatic heterocycles. The van der Waals surface area contributed by atoms with E-state index in [1.54, 1.807) is 0 Å². The molecule has 0 aliphatic carbocycles. The van der Waals surface area contributed by atoms with Gasteiger partial charge in [0.15, 0.2) is 0 Å². The fourth-order valence-corrected chi connectivity index (χ4v) is 3.74. The Morgan fingerprint density at radius 2 is 1.60 bits per heavy atom. The Hall–Kier alpha value is -2.10. The van der Waals surface area contributed by atoms with Crippen LogP contribution in [0.25, 0.3) is 0 Å². The Morgan fingerprint density at radius 3 is 2.27 bits per heavy atom. The lowest BCUT2D eigenvalue weighted by atomic mass is 9.96. The molecule has 0 bridgehead atoms. The maximum absolute atomic E-state index is 12.3. The summed E-state index contributed by atoms with van der Waals surface area (Å²) in [4.78, 5) is 19.6. The number of carbonyl (C=O) groups excluding carboxylic acids is 1. The highest BCUT2D eigenvalue weighted by Gasteiger charge is 2.34. The monoisotopic (exact) mass is 412 g/mol. The van der Waals surface area contributed by atoms with Crippen LogP contribution >= 0.6 is 0 Å². The number of oxime groups is 1. The zero-order valence-corrected chi connectivity index (χ0v) is 18.8. The third kappa shape index (κ3) is 10.1. The predicted molar refractivity (Wildman–Crippen MR) is 126 cm³/mol. The van der Waals surface area contributed by atoms with Crippen LogP contribution < -0.4 is 0 Å². The smallest absolute Gasteiger partial charge is 0.222 e. The lowest BCUT2D eigenvalue weighted by molar-refractivity contribution is -0.134. The van der Waals surface area contributed by atoms with Crippen LogP contribution in [0.5, 0.6) is 0 Å². The van der Waals surface area contributed by atoms with Gasteiger partial charge < -0.3 is 9.74 Å². The summed E-state index contributed by atoms with van der Waals surface area (Å²) in [7, 11) is 0. The Balaban J connectivity index is 1.42. The van der Waals surface area contributed by atoms with E-state index >= 15 is 0 Å². The maximum Gasteiger partial charge on any atom is 0.222 e. The molecule has 0 aromatic rings. The molecule has 2 atom stereocenters. The Kier molecular flexibility index (Phi) is 12.7. The van der Waals surface area contributed by atoms with Crippen LogP contribution in [-0.4, -0.2) is 36.2 Å². The number of nitrogens with zero attached hydrogens (tertiary/aromatic N) is 2. The lowest BCUT2D eigenvalue weighted by Gasteiger charge is -2.32. The molecule has 0 radical (unpaired) electrons. The van der Waals surface area contributed by atoms with Crippen LogP contribution in [0.3, 0.4) is 0 Å². The number of hydrogen-bond donors (Lipinski definition) is 0. The van der Waals surface area contributed by atoms with Gasteiger partial charge in [-0.05, 0) is 44.9 Å². The fourth-order valence-electron chi connectivity index (χ4n) is 3.74. The van der Waals surface area contributed by atoms with Gasteiger partial charge in [0.2, 0.25) is 5.91 Å². The number of unbranched alkanes of at least 4 members (excludes halogenated alkanes) is 4. The minimum Gasteiger partial charge on any atom is -0.392 e. The molecule has 4 nitrogen and oxygen atoms in total. The molecule has 0 N–H and O–H groups in total. The number of likely N-dealkylation sites (tertiary alicyclic amines) is 1. The van der Waals surface area contributed by atoms with Crippen molar-refractivity contribution in [1.82, 2.24) is 4.90 Å². The maximum atomic E-state index is 12.3. The molecule has 4 heteroatoms. The summed E-state index contributed by atoms with van der Waals surface area (Å²) in [5, 5.41) is 3.89. The van der Waals surface area contributed by atoms with Crippen molar-refractivity contribution >= 4 is 12.1 Å². The van der Waals surface area contributed by atoms with Crippen LogP contribution in [0.4, 0.5) is 0 Å². The van der Waals surface area contributed by atoms with E-state index in [0.717, 1.165) is 51.6 Å². The van der Waals surface area contributed by atoms with Crippen molar-refractivity contribution in [2.45, 2.75) is 83.7 Å². The molecule has 2 aliphatic rings. The molecule has 0 aromatic carbocycles. The van der Waals surface area contributed by atoms with Crippen LogP contribution in [0.1, 0.15) is 77.6 Å². The zero-order valence-electron chi connectivity index (χ0n) is 18.8. The topological polar surface area (TPSA) is 41.9 Å². The molecule has 2 rings (SSSR count). The van der Waals surface area contributed by atoms with Crippen LogP contribution in [0, 0.1) is 5.92 Å². The highest BCUT2D eigenvalue weighted by molar-refractivity contribution is 5.77. The van der Waals surface area contributed by atoms with Crippen molar-refractivity contribution in [3.8, 4) is 0 Å². The van der Waals surface area contributed by atoms with Gasteiger partial charge >= 0.3 is 0 Å². The second-order valence-corrected chi connectivity index (χ2v) is 8.17. The molecule has 0 aromatic heterocycles. The number of allylic oxidation sites excluding steroid dienone is 8. The number of piperidine rings is 1. The number of fused-ring (bicyclic) bond motifs is 1. The van der Waals surface area contributed by atoms with E-state index in [4.69, 9.17) is 4.84 Å². The van der Waals surface area contributed by atoms with E-state index in [-0.39, 0.29) is 17.9 Å². The second-order valence-electron chi connectivity index (χ2n) is 8.17. The largest absolute Gasteiger partial charge is 0.392 e. The Bertz CT molecular complexity index is 619. The summed E-state index contributed by atoms with van der Waals surface area (Å²) < 4.78 is 0. The third-order valence-electron chi connectivity index (χ3n) is 5.61. The Morgan fingerprint density at radius 1 is 0.967 bits per heavy atom. The standard InChI is InChI=1S/C26H40N2O2/c1-2-3-4-5-6-7-8-9-10-11-12-13-14-15-16-17-18-19-26(29)28-21-20-25-24(23-28)22-27-30-25/h6-7,9-10,12-13,15-16,22,24-25H,2-5,8,11,14,17-21,23H2,1H3/b7-6+,10-9+,13-12+,16-15+. The average Bonchev–Trinajstić information content (AvgIpc) is 3.23. The normalized spacial score (nSPS) is 21.4. The summed E-state index contributed by atoms with van der Waals surface area (Å²) in [5.41, 5.74) is 0. The molecule has 166 valence electrons. The van der Waals surface area contributed by atoms with Crippen molar-refractivity contribution < 1.29 is 9.63 Å². The highest BCUT2D eigenvalue weighted by atomic mass is 16.6. The van der Waals surface area contributed by atoms with Gasteiger partial charge in [-0.2, -0.15) is 0 Å². The fraction of sp³-hybridized carbons (Fsp3) is 0.615. The van der Waals surface area contributed by atoms with Gasteiger partial charge in [-0.1, -0.05) is 73.5 Å². The molecule has 0 spiro atoms. The summed E-state index contributed by atoms with van der Waals surface area (Å²) >= 11 is 0. The SMILES string of the molecule is CCCCC/C=C/C/C=C/C/C=C/C/C=C/CCCC(=O)N1CCC2ON=CC2C1. The van der Waals surface area contributed by atoms with Crippen molar-refractivity contribution in [2.75, 3.05) is 13.1 Å². The van der Waals surface area contributed by atoms with E-state index < -0.39 is 0 Å². The lowest BCUT2D eigenvalue weighted by Crippen LogP contribution is -2.45. The van der Waals surface area contributed by atoms with Gasteiger partial charge in [0.25, 0.3) is 0 Å². The quantitative estimate of drug-likeness (QED) is 0.246. The molecular weight excluding hydrogens is 372 g/mol. The molecule has 1 fully saturated rings. The first-order chi connectivity index (χ1) is 14.8. The zero-order chi connectivity index (χ0) is 21.3. The van der Waals surface area contributed by atoms with Gasteiger partial charge in [0.05, 0.1) is 12.1 Å². The van der Waals surface area contributed by atoms with Gasteiger partial charge in [-0.3, -0.25) is 4.79 Å². The minimum atomic E-state index is 0.192. The first-order valence-electron chi connectivity index (χ1n) is 11.9.